The third kappa shape index (κ3) is 4.87. The summed E-state index contributed by atoms with van der Waals surface area (Å²) in [6.07, 6.45) is 2.74. The average Bonchev–Trinajstić information content (AvgIpc) is 3.39. The molecule has 2 atom stereocenters. The lowest BCUT2D eigenvalue weighted by Crippen LogP contribution is -2.37. The third-order valence-electron chi connectivity index (χ3n) is 6.97. The van der Waals surface area contributed by atoms with Crippen molar-refractivity contribution in [2.45, 2.75) is 39.3 Å². The number of carbonyl (C=O) groups is 1. The number of nitrogens with one attached hydrogen (secondary N) is 2. The van der Waals surface area contributed by atoms with Crippen molar-refractivity contribution in [3.63, 3.8) is 0 Å². The highest BCUT2D eigenvalue weighted by Crippen LogP contribution is 2.41. The summed E-state index contributed by atoms with van der Waals surface area (Å²) in [5.41, 5.74) is 7.51. The number of hydrogen-bond acceptors (Lipinski definition) is 3. The van der Waals surface area contributed by atoms with Gasteiger partial charge >= 0.3 is 0 Å². The first-order valence-corrected chi connectivity index (χ1v) is 13.0. The minimum absolute atomic E-state index is 0.118. The number of thiocarbonyl (C=S) groups is 1. The van der Waals surface area contributed by atoms with Gasteiger partial charge in [-0.05, 0) is 80.0 Å². The summed E-state index contributed by atoms with van der Waals surface area (Å²) in [6.45, 7) is 6.58. The Balaban J connectivity index is 1.56. The van der Waals surface area contributed by atoms with Crippen molar-refractivity contribution in [2.24, 2.45) is 0 Å². The van der Waals surface area contributed by atoms with Gasteiger partial charge in [-0.25, -0.2) is 0 Å². The SMILES string of the molecule is CCc1ccccc1-n1c(C)cc([C@@H]2[C@H](c3ccccn3)NC(=S)N2CC(=O)Nc2ccccc2)c1C. The molecule has 37 heavy (non-hydrogen) atoms. The van der Waals surface area contributed by atoms with Crippen LogP contribution in [-0.4, -0.2) is 32.0 Å². The minimum atomic E-state index is -0.197. The van der Waals surface area contributed by atoms with E-state index in [0.717, 1.165) is 34.8 Å². The van der Waals surface area contributed by atoms with Gasteiger partial charge in [0.15, 0.2) is 5.11 Å². The molecule has 5 rings (SSSR count). The molecule has 0 aliphatic carbocycles. The Morgan fingerprint density at radius 1 is 1.03 bits per heavy atom. The Morgan fingerprint density at radius 3 is 2.49 bits per heavy atom. The van der Waals surface area contributed by atoms with Crippen LogP contribution in [0.1, 0.15) is 47.2 Å². The van der Waals surface area contributed by atoms with E-state index in [2.05, 4.69) is 71.3 Å². The second-order valence-electron chi connectivity index (χ2n) is 9.31. The lowest BCUT2D eigenvalue weighted by atomic mass is 9.96. The zero-order valence-electron chi connectivity index (χ0n) is 21.3. The number of aryl methyl sites for hydroxylation is 2. The molecule has 3 heterocycles. The molecule has 4 aromatic rings. The van der Waals surface area contributed by atoms with Gasteiger partial charge in [0, 0.05) is 29.0 Å². The molecule has 0 unspecified atom stereocenters. The van der Waals surface area contributed by atoms with Gasteiger partial charge in [-0.15, -0.1) is 0 Å². The van der Waals surface area contributed by atoms with E-state index in [4.69, 9.17) is 12.2 Å². The first-order chi connectivity index (χ1) is 18.0. The Bertz CT molecular complexity index is 1420. The molecule has 1 fully saturated rings. The number of hydrogen-bond donors (Lipinski definition) is 2. The maximum atomic E-state index is 13.1. The fraction of sp³-hybridized carbons (Fsp3) is 0.233. The molecule has 1 aliphatic rings. The van der Waals surface area contributed by atoms with Crippen molar-refractivity contribution in [3.05, 3.63) is 113 Å². The predicted molar refractivity (Wildman–Crippen MR) is 152 cm³/mol. The molecule has 7 heteroatoms. The topological polar surface area (TPSA) is 62.2 Å². The standard InChI is InChI=1S/C30H31N5OS/c1-4-22-12-8-9-16-26(22)35-20(2)18-24(21(35)3)29-28(25-15-10-11-17-31-25)33-30(37)34(29)19-27(36)32-23-13-6-5-7-14-23/h5-18,28-29H,4,19H2,1-3H3,(H,32,36)(H,33,37)/t28-,29+/m0/s1. The summed E-state index contributed by atoms with van der Waals surface area (Å²) in [5, 5.41) is 7.01. The number of pyridine rings is 1. The molecule has 2 N–H and O–H groups in total. The van der Waals surface area contributed by atoms with E-state index in [-0.39, 0.29) is 24.5 Å². The van der Waals surface area contributed by atoms with Crippen molar-refractivity contribution < 1.29 is 4.79 Å². The number of amides is 1. The molecule has 1 aliphatic heterocycles. The molecule has 0 bridgehead atoms. The van der Waals surface area contributed by atoms with Gasteiger partial charge in [-0.1, -0.05) is 49.4 Å². The Labute approximate surface area is 223 Å². The molecule has 0 radical (unpaired) electrons. The predicted octanol–water partition coefficient (Wildman–Crippen LogP) is 5.66. The number of anilines is 1. The van der Waals surface area contributed by atoms with Crippen LogP contribution in [0.2, 0.25) is 0 Å². The van der Waals surface area contributed by atoms with Crippen LogP contribution in [0.4, 0.5) is 5.69 Å². The van der Waals surface area contributed by atoms with Gasteiger partial charge in [0.1, 0.15) is 6.54 Å². The van der Waals surface area contributed by atoms with Crippen LogP contribution in [-0.2, 0) is 11.2 Å². The van der Waals surface area contributed by atoms with Crippen LogP contribution >= 0.6 is 12.2 Å². The lowest BCUT2D eigenvalue weighted by Gasteiger charge is -2.27. The van der Waals surface area contributed by atoms with Crippen LogP contribution in [0.5, 0.6) is 0 Å². The van der Waals surface area contributed by atoms with Gasteiger partial charge in [-0.3, -0.25) is 9.78 Å². The molecule has 2 aromatic carbocycles. The van der Waals surface area contributed by atoms with Crippen molar-refractivity contribution in [3.8, 4) is 5.69 Å². The molecular formula is C30H31N5OS. The first kappa shape index (κ1) is 24.7. The van der Waals surface area contributed by atoms with Gasteiger partial charge < -0.3 is 20.1 Å². The number of benzene rings is 2. The number of rotatable bonds is 7. The Kier molecular flexibility index (Phi) is 7.06. The summed E-state index contributed by atoms with van der Waals surface area (Å²) in [5.74, 6) is -0.118. The van der Waals surface area contributed by atoms with E-state index in [1.807, 2.05) is 53.4 Å². The minimum Gasteiger partial charge on any atom is -0.352 e. The fourth-order valence-electron chi connectivity index (χ4n) is 5.28. The molecule has 6 nitrogen and oxygen atoms in total. The number of aromatic nitrogens is 2. The Hall–Kier alpha value is -3.97. The maximum absolute atomic E-state index is 13.1. The Morgan fingerprint density at radius 2 is 1.76 bits per heavy atom. The zero-order chi connectivity index (χ0) is 25.9. The highest BCUT2D eigenvalue weighted by molar-refractivity contribution is 7.80. The van der Waals surface area contributed by atoms with Crippen LogP contribution in [0.3, 0.4) is 0 Å². The summed E-state index contributed by atoms with van der Waals surface area (Å²) in [7, 11) is 0. The van der Waals surface area contributed by atoms with Crippen molar-refractivity contribution in [2.75, 3.05) is 11.9 Å². The van der Waals surface area contributed by atoms with Crippen LogP contribution in [0, 0.1) is 13.8 Å². The van der Waals surface area contributed by atoms with Crippen LogP contribution < -0.4 is 10.6 Å². The molecule has 1 amide bonds. The van der Waals surface area contributed by atoms with Gasteiger partial charge in [0.05, 0.1) is 17.8 Å². The van der Waals surface area contributed by atoms with E-state index in [1.54, 1.807) is 6.20 Å². The lowest BCUT2D eigenvalue weighted by molar-refractivity contribution is -0.116. The number of carbonyl (C=O) groups excluding carboxylic acids is 1. The summed E-state index contributed by atoms with van der Waals surface area (Å²) < 4.78 is 2.31. The smallest absolute Gasteiger partial charge is 0.244 e. The van der Waals surface area contributed by atoms with E-state index < -0.39 is 0 Å². The van der Waals surface area contributed by atoms with Crippen LogP contribution in [0.15, 0.2) is 85.1 Å². The average molecular weight is 510 g/mol. The molecule has 2 aromatic heterocycles. The first-order valence-electron chi connectivity index (χ1n) is 12.6. The summed E-state index contributed by atoms with van der Waals surface area (Å²) in [6, 6.07) is 25.7. The monoisotopic (exact) mass is 509 g/mol. The number of nitrogens with zero attached hydrogens (tertiary/aromatic N) is 3. The molecule has 0 spiro atoms. The van der Waals surface area contributed by atoms with Gasteiger partial charge in [0.25, 0.3) is 0 Å². The summed E-state index contributed by atoms with van der Waals surface area (Å²) in [4.78, 5) is 19.8. The molecular weight excluding hydrogens is 478 g/mol. The zero-order valence-corrected chi connectivity index (χ0v) is 22.1. The largest absolute Gasteiger partial charge is 0.352 e. The second-order valence-corrected chi connectivity index (χ2v) is 9.70. The quantitative estimate of drug-likeness (QED) is 0.315. The highest BCUT2D eigenvalue weighted by atomic mass is 32.1. The van der Waals surface area contributed by atoms with Gasteiger partial charge in [0.2, 0.25) is 5.91 Å². The fourth-order valence-corrected chi connectivity index (χ4v) is 5.58. The number of para-hydroxylation sites is 2. The van der Waals surface area contributed by atoms with Crippen molar-refractivity contribution >= 4 is 28.9 Å². The van der Waals surface area contributed by atoms with E-state index in [9.17, 15) is 4.79 Å². The van der Waals surface area contributed by atoms with Gasteiger partial charge in [-0.2, -0.15) is 0 Å². The normalized spacial score (nSPS) is 17.1. The third-order valence-corrected chi connectivity index (χ3v) is 7.32. The molecule has 188 valence electrons. The highest BCUT2D eigenvalue weighted by Gasteiger charge is 2.42. The molecule has 1 saturated heterocycles. The molecule has 0 saturated carbocycles. The van der Waals surface area contributed by atoms with Crippen LogP contribution in [0.25, 0.3) is 5.69 Å². The van der Waals surface area contributed by atoms with Crippen molar-refractivity contribution in [1.82, 2.24) is 19.8 Å². The summed E-state index contributed by atoms with van der Waals surface area (Å²) >= 11 is 5.79. The second kappa shape index (κ2) is 10.6. The maximum Gasteiger partial charge on any atom is 0.244 e. The van der Waals surface area contributed by atoms with E-state index >= 15 is 0 Å². The van der Waals surface area contributed by atoms with E-state index in [1.165, 1.54) is 11.3 Å². The van der Waals surface area contributed by atoms with Crippen molar-refractivity contribution in [1.29, 1.82) is 0 Å². The van der Waals surface area contributed by atoms with E-state index in [0.29, 0.717) is 5.11 Å².